The summed E-state index contributed by atoms with van der Waals surface area (Å²) in [6.45, 7) is 4.63. The second kappa shape index (κ2) is 7.25. The third-order valence-corrected chi connectivity index (χ3v) is 5.62. The van der Waals surface area contributed by atoms with Gasteiger partial charge in [-0.25, -0.2) is 0 Å². The van der Waals surface area contributed by atoms with Gasteiger partial charge in [0, 0.05) is 45.0 Å². The molecule has 0 bridgehead atoms. The van der Waals surface area contributed by atoms with E-state index in [2.05, 4.69) is 10.00 Å². The summed E-state index contributed by atoms with van der Waals surface area (Å²) in [5, 5.41) is 4.19. The van der Waals surface area contributed by atoms with Gasteiger partial charge < -0.3 is 14.1 Å². The van der Waals surface area contributed by atoms with Crippen LogP contribution in [0.1, 0.15) is 30.5 Å². The van der Waals surface area contributed by atoms with Crippen molar-refractivity contribution in [3.63, 3.8) is 0 Å². The molecule has 0 aromatic carbocycles. The van der Waals surface area contributed by atoms with Crippen LogP contribution in [0, 0.1) is 0 Å². The molecule has 0 unspecified atom stereocenters. The van der Waals surface area contributed by atoms with Gasteiger partial charge in [0.05, 0.1) is 43.4 Å². The first-order valence-corrected chi connectivity index (χ1v) is 9.26. The van der Waals surface area contributed by atoms with Gasteiger partial charge in [0.25, 0.3) is 0 Å². The number of hydrogen-bond acceptors (Lipinski definition) is 5. The number of carbonyl (C=O) groups is 1. The van der Waals surface area contributed by atoms with E-state index in [1.165, 1.54) is 5.56 Å². The number of aryl methyl sites for hydroxylation is 1. The highest BCUT2D eigenvalue weighted by Gasteiger charge is 2.40. The molecule has 2 aromatic rings. The number of likely N-dealkylation sites (tertiary alicyclic amines) is 1. The first-order valence-electron chi connectivity index (χ1n) is 9.26. The number of ether oxygens (including phenoxy) is 1. The Morgan fingerprint density at radius 3 is 2.73 bits per heavy atom. The highest BCUT2D eigenvalue weighted by atomic mass is 16.5. The lowest BCUT2D eigenvalue weighted by atomic mass is 9.87. The molecule has 4 heterocycles. The Hall–Kier alpha value is -2.12. The van der Waals surface area contributed by atoms with Crippen molar-refractivity contribution in [2.75, 3.05) is 26.2 Å². The second-order valence-electron chi connectivity index (χ2n) is 7.38. The van der Waals surface area contributed by atoms with Gasteiger partial charge in [0.2, 0.25) is 5.91 Å². The summed E-state index contributed by atoms with van der Waals surface area (Å²) >= 11 is 0. The molecule has 1 amide bonds. The van der Waals surface area contributed by atoms with Crippen LogP contribution >= 0.6 is 0 Å². The summed E-state index contributed by atoms with van der Waals surface area (Å²) in [7, 11) is 1.91. The molecule has 7 heteroatoms. The van der Waals surface area contributed by atoms with Crippen LogP contribution in [0.15, 0.2) is 35.3 Å². The molecule has 7 nitrogen and oxygen atoms in total. The third kappa shape index (κ3) is 3.68. The van der Waals surface area contributed by atoms with E-state index >= 15 is 0 Å². The van der Waals surface area contributed by atoms with Crippen LogP contribution in [0.3, 0.4) is 0 Å². The summed E-state index contributed by atoms with van der Waals surface area (Å²) in [6.07, 6.45) is 7.55. The molecule has 0 saturated carbocycles. The van der Waals surface area contributed by atoms with Crippen molar-refractivity contribution in [1.82, 2.24) is 19.6 Å². The third-order valence-electron chi connectivity index (χ3n) is 5.62. The Labute approximate surface area is 153 Å². The average Bonchev–Trinajstić information content (AvgIpc) is 3.25. The van der Waals surface area contributed by atoms with Crippen LogP contribution in [0.25, 0.3) is 0 Å². The molecule has 0 atom stereocenters. The summed E-state index contributed by atoms with van der Waals surface area (Å²) in [4.78, 5) is 17.2. The molecule has 0 aliphatic carbocycles. The van der Waals surface area contributed by atoms with Crippen molar-refractivity contribution < 1.29 is 13.9 Å². The molecule has 140 valence electrons. The van der Waals surface area contributed by atoms with E-state index in [4.69, 9.17) is 9.15 Å². The van der Waals surface area contributed by atoms with Gasteiger partial charge in [-0.3, -0.25) is 14.4 Å². The van der Waals surface area contributed by atoms with E-state index in [-0.39, 0.29) is 11.5 Å². The molecular formula is C19H26N4O3. The fourth-order valence-electron chi connectivity index (χ4n) is 3.94. The van der Waals surface area contributed by atoms with Crippen LogP contribution < -0.4 is 0 Å². The number of amides is 1. The van der Waals surface area contributed by atoms with Gasteiger partial charge in [-0.05, 0) is 25.0 Å². The monoisotopic (exact) mass is 358 g/mol. The number of hydrogen-bond donors (Lipinski definition) is 0. The Kier molecular flexibility index (Phi) is 4.82. The molecule has 2 aliphatic rings. The predicted octanol–water partition coefficient (Wildman–Crippen LogP) is 1.80. The van der Waals surface area contributed by atoms with Crippen LogP contribution in [0.4, 0.5) is 0 Å². The maximum absolute atomic E-state index is 12.9. The average molecular weight is 358 g/mol. The number of nitrogens with zero attached hydrogens (tertiary/aromatic N) is 4. The van der Waals surface area contributed by atoms with Crippen molar-refractivity contribution in [3.8, 4) is 0 Å². The molecule has 0 N–H and O–H groups in total. The molecule has 1 spiro atoms. The Balaban J connectivity index is 1.35. The minimum absolute atomic E-state index is 0.187. The molecule has 26 heavy (non-hydrogen) atoms. The molecule has 2 aliphatic heterocycles. The molecule has 0 radical (unpaired) electrons. The molecule has 4 rings (SSSR count). The Morgan fingerprint density at radius 2 is 2.04 bits per heavy atom. The lowest BCUT2D eigenvalue weighted by Gasteiger charge is -2.40. The van der Waals surface area contributed by atoms with Gasteiger partial charge in [0.1, 0.15) is 0 Å². The minimum Gasteiger partial charge on any atom is -0.472 e. The van der Waals surface area contributed by atoms with E-state index in [1.54, 1.807) is 18.7 Å². The van der Waals surface area contributed by atoms with Crippen LogP contribution in [0.2, 0.25) is 0 Å². The summed E-state index contributed by atoms with van der Waals surface area (Å²) in [5.41, 5.74) is 1.94. The minimum atomic E-state index is -0.300. The van der Waals surface area contributed by atoms with Gasteiger partial charge >= 0.3 is 0 Å². The quantitative estimate of drug-likeness (QED) is 0.834. The number of aromatic nitrogens is 2. The van der Waals surface area contributed by atoms with Crippen molar-refractivity contribution in [2.24, 2.45) is 7.05 Å². The zero-order valence-electron chi connectivity index (χ0n) is 15.3. The van der Waals surface area contributed by atoms with Crippen molar-refractivity contribution >= 4 is 5.91 Å². The van der Waals surface area contributed by atoms with E-state index in [0.29, 0.717) is 26.1 Å². The number of furan rings is 1. The predicted molar refractivity (Wildman–Crippen MR) is 95.1 cm³/mol. The van der Waals surface area contributed by atoms with Gasteiger partial charge in [-0.1, -0.05) is 0 Å². The number of piperidine rings is 1. The first kappa shape index (κ1) is 17.3. The fourth-order valence-corrected chi connectivity index (χ4v) is 3.94. The van der Waals surface area contributed by atoms with Crippen molar-refractivity contribution in [1.29, 1.82) is 0 Å². The maximum Gasteiger partial charge on any atom is 0.225 e. The molecule has 2 aromatic heterocycles. The van der Waals surface area contributed by atoms with Gasteiger partial charge in [-0.2, -0.15) is 5.10 Å². The normalized spacial score (nSPS) is 21.3. The number of carbonyl (C=O) groups excluding carboxylic acids is 1. The zero-order chi connectivity index (χ0) is 18.0. The maximum atomic E-state index is 12.9. The lowest BCUT2D eigenvalue weighted by molar-refractivity contribution is -0.136. The SMILES string of the molecule is Cn1nccc1CN1CCOC2(CCN(Cc3ccoc3)CC2)CC1=O. The highest BCUT2D eigenvalue weighted by Crippen LogP contribution is 2.33. The van der Waals surface area contributed by atoms with Crippen LogP contribution in [-0.2, 0) is 29.7 Å². The zero-order valence-corrected chi connectivity index (χ0v) is 15.3. The summed E-state index contributed by atoms with van der Waals surface area (Å²) < 4.78 is 13.2. The van der Waals surface area contributed by atoms with Crippen LogP contribution in [0.5, 0.6) is 0 Å². The smallest absolute Gasteiger partial charge is 0.225 e. The lowest BCUT2D eigenvalue weighted by Crippen LogP contribution is -2.47. The van der Waals surface area contributed by atoms with Gasteiger partial charge in [0.15, 0.2) is 0 Å². The molecular weight excluding hydrogens is 332 g/mol. The van der Waals surface area contributed by atoms with E-state index in [1.807, 2.05) is 28.8 Å². The van der Waals surface area contributed by atoms with Crippen molar-refractivity contribution in [2.45, 2.75) is 38.0 Å². The van der Waals surface area contributed by atoms with Crippen molar-refractivity contribution in [3.05, 3.63) is 42.1 Å². The summed E-state index contributed by atoms with van der Waals surface area (Å²) in [5.74, 6) is 0.187. The second-order valence-corrected chi connectivity index (χ2v) is 7.38. The van der Waals surface area contributed by atoms with E-state index in [9.17, 15) is 4.79 Å². The van der Waals surface area contributed by atoms with E-state index in [0.717, 1.165) is 38.2 Å². The first-order chi connectivity index (χ1) is 12.6. The fraction of sp³-hybridized carbons (Fsp3) is 0.579. The largest absolute Gasteiger partial charge is 0.472 e. The molecule has 2 fully saturated rings. The molecule has 2 saturated heterocycles. The standard InChI is InChI=1S/C19H26N4O3/c1-21-17(2-6-20-21)14-23-9-11-26-19(12-18(23)24)4-7-22(8-5-19)13-16-3-10-25-15-16/h2-3,6,10,15H,4-5,7-9,11-14H2,1H3. The van der Waals surface area contributed by atoms with Gasteiger partial charge in [-0.15, -0.1) is 0 Å². The highest BCUT2D eigenvalue weighted by molar-refractivity contribution is 5.77. The van der Waals surface area contributed by atoms with Crippen LogP contribution in [-0.4, -0.2) is 57.3 Å². The Bertz CT molecular complexity index is 732. The van der Waals surface area contributed by atoms with E-state index < -0.39 is 0 Å². The topological polar surface area (TPSA) is 63.7 Å². The Morgan fingerprint density at radius 1 is 1.19 bits per heavy atom. The number of rotatable bonds is 4. The summed E-state index contributed by atoms with van der Waals surface area (Å²) in [6, 6.07) is 3.97.